The van der Waals surface area contributed by atoms with Crippen molar-refractivity contribution in [2.24, 2.45) is 0 Å². The van der Waals surface area contributed by atoms with E-state index in [0.29, 0.717) is 12.1 Å². The zero-order valence-electron chi connectivity index (χ0n) is 11.5. The van der Waals surface area contributed by atoms with E-state index < -0.39 is 0 Å². The Kier molecular flexibility index (Phi) is 3.78. The van der Waals surface area contributed by atoms with Gasteiger partial charge < -0.3 is 9.67 Å². The smallest absolute Gasteiger partial charge is 0.239 e. The van der Waals surface area contributed by atoms with Crippen molar-refractivity contribution in [3.8, 4) is 0 Å². The Balaban J connectivity index is 1.73. The molecule has 110 valence electrons. The number of hydrogen-bond acceptors (Lipinski definition) is 5. The highest BCUT2D eigenvalue weighted by Gasteiger charge is 2.10. The minimum absolute atomic E-state index is 0.0166. The van der Waals surface area contributed by atoms with Gasteiger partial charge in [-0.25, -0.2) is 0 Å². The van der Waals surface area contributed by atoms with Gasteiger partial charge in [-0.05, 0) is 16.8 Å². The lowest BCUT2D eigenvalue weighted by Crippen LogP contribution is -1.98. The molecule has 0 saturated heterocycles. The van der Waals surface area contributed by atoms with Crippen LogP contribution < -0.4 is 0 Å². The molecule has 0 aliphatic heterocycles. The van der Waals surface area contributed by atoms with Crippen LogP contribution in [-0.4, -0.2) is 36.1 Å². The molecule has 7 heteroatoms. The number of hydrogen-bond donors (Lipinski definition) is 2. The summed E-state index contributed by atoms with van der Waals surface area (Å²) in [5, 5.41) is 22.5. The molecule has 3 aromatic rings. The van der Waals surface area contributed by atoms with Crippen molar-refractivity contribution >= 4 is 11.5 Å². The third kappa shape index (κ3) is 3.09. The van der Waals surface area contributed by atoms with E-state index in [0.717, 1.165) is 11.6 Å². The van der Waals surface area contributed by atoms with Gasteiger partial charge in [-0.3, -0.25) is 4.79 Å². The van der Waals surface area contributed by atoms with Gasteiger partial charge in [0.2, 0.25) is 5.82 Å². The lowest BCUT2D eigenvalue weighted by Gasteiger charge is -2.02. The van der Waals surface area contributed by atoms with E-state index in [1.807, 2.05) is 41.1 Å². The molecule has 0 aliphatic rings. The quantitative estimate of drug-likeness (QED) is 0.425. The van der Waals surface area contributed by atoms with Crippen LogP contribution in [0.4, 0.5) is 0 Å². The van der Waals surface area contributed by atoms with Crippen molar-refractivity contribution in [3.05, 3.63) is 71.8 Å². The van der Waals surface area contributed by atoms with Crippen LogP contribution in [0.5, 0.6) is 0 Å². The molecule has 0 aliphatic carbocycles. The standard InChI is InChI=1S/C15H13N5O2/c21-13(8-14(22)15-16-18-19-17-15)12-6-7-20(10-12)9-11-4-2-1-3-5-11/h1-8,10,22H,9H2,(H,16,17,18,19). The largest absolute Gasteiger partial charge is 0.504 e. The monoisotopic (exact) mass is 295 g/mol. The van der Waals surface area contributed by atoms with E-state index in [1.165, 1.54) is 0 Å². The number of nitrogens with zero attached hydrogens (tertiary/aromatic N) is 4. The minimum Gasteiger partial charge on any atom is -0.504 e. The maximum atomic E-state index is 12.1. The molecule has 2 heterocycles. The number of H-pyrrole nitrogens is 1. The number of nitrogens with one attached hydrogen (secondary N) is 1. The van der Waals surface area contributed by atoms with Crippen LogP contribution in [0, 0.1) is 0 Å². The first-order valence-corrected chi connectivity index (χ1v) is 6.61. The van der Waals surface area contributed by atoms with Crippen LogP contribution in [0.1, 0.15) is 21.7 Å². The van der Waals surface area contributed by atoms with Crippen LogP contribution in [0.25, 0.3) is 5.76 Å². The molecule has 2 N–H and O–H groups in total. The fraction of sp³-hybridized carbons (Fsp3) is 0.0667. The van der Waals surface area contributed by atoms with Gasteiger partial charge in [0.05, 0.1) is 0 Å². The number of tetrazole rings is 1. The van der Waals surface area contributed by atoms with Crippen molar-refractivity contribution in [1.82, 2.24) is 25.2 Å². The fourth-order valence-corrected chi connectivity index (χ4v) is 2.02. The summed E-state index contributed by atoms with van der Waals surface area (Å²) in [5.41, 5.74) is 1.62. The van der Waals surface area contributed by atoms with E-state index in [-0.39, 0.29) is 17.4 Å². The van der Waals surface area contributed by atoms with Gasteiger partial charge in [-0.15, -0.1) is 10.2 Å². The number of aromatic amines is 1. The van der Waals surface area contributed by atoms with Crippen molar-refractivity contribution < 1.29 is 9.90 Å². The molecular formula is C15H13N5O2. The van der Waals surface area contributed by atoms with E-state index in [1.54, 1.807) is 12.3 Å². The lowest BCUT2D eigenvalue weighted by molar-refractivity contribution is 0.104. The van der Waals surface area contributed by atoms with Gasteiger partial charge in [-0.2, -0.15) is 5.21 Å². The molecule has 22 heavy (non-hydrogen) atoms. The SMILES string of the molecule is O=C(C=C(O)c1nn[nH]n1)c1ccn(Cc2ccccc2)c1. The van der Waals surface area contributed by atoms with Gasteiger partial charge in [0.25, 0.3) is 0 Å². The third-order valence-corrected chi connectivity index (χ3v) is 3.09. The van der Waals surface area contributed by atoms with E-state index in [9.17, 15) is 9.90 Å². The predicted octanol–water partition coefficient (Wildman–Crippen LogP) is 1.83. The molecule has 0 atom stereocenters. The van der Waals surface area contributed by atoms with Crippen molar-refractivity contribution in [2.75, 3.05) is 0 Å². The van der Waals surface area contributed by atoms with Gasteiger partial charge in [0, 0.05) is 30.6 Å². The molecule has 0 spiro atoms. The van der Waals surface area contributed by atoms with Crippen molar-refractivity contribution in [3.63, 3.8) is 0 Å². The molecule has 0 radical (unpaired) electrons. The zero-order valence-corrected chi connectivity index (χ0v) is 11.5. The first kappa shape index (κ1) is 13.7. The number of ketones is 1. The van der Waals surface area contributed by atoms with Crippen molar-refractivity contribution in [2.45, 2.75) is 6.54 Å². The molecule has 0 saturated carbocycles. The second-order valence-electron chi connectivity index (χ2n) is 4.69. The summed E-state index contributed by atoms with van der Waals surface area (Å²) in [6, 6.07) is 11.6. The molecule has 1 aromatic carbocycles. The Labute approximate surface area is 125 Å². The number of aliphatic hydroxyl groups is 1. The third-order valence-electron chi connectivity index (χ3n) is 3.09. The van der Waals surface area contributed by atoms with E-state index in [4.69, 9.17) is 0 Å². The highest BCUT2D eigenvalue weighted by atomic mass is 16.3. The summed E-state index contributed by atoms with van der Waals surface area (Å²) in [4.78, 5) is 12.1. The average Bonchev–Trinajstić information content (AvgIpc) is 3.19. The molecule has 7 nitrogen and oxygen atoms in total. The van der Waals surface area contributed by atoms with Gasteiger partial charge in [-0.1, -0.05) is 30.3 Å². The number of carbonyl (C=O) groups is 1. The second-order valence-corrected chi connectivity index (χ2v) is 4.69. The topological polar surface area (TPSA) is 96.7 Å². The number of rotatable bonds is 5. The normalized spacial score (nSPS) is 11.5. The molecule has 0 amide bonds. The maximum Gasteiger partial charge on any atom is 0.239 e. The lowest BCUT2D eigenvalue weighted by atomic mass is 10.2. The summed E-state index contributed by atoms with van der Waals surface area (Å²) >= 11 is 0. The molecular weight excluding hydrogens is 282 g/mol. The van der Waals surface area contributed by atoms with Gasteiger partial charge >= 0.3 is 0 Å². The molecule has 2 aromatic heterocycles. The Hall–Kier alpha value is -3.22. The number of allylic oxidation sites excluding steroid dienone is 1. The van der Waals surface area contributed by atoms with E-state index in [2.05, 4.69) is 20.6 Å². The van der Waals surface area contributed by atoms with Crippen LogP contribution in [-0.2, 0) is 6.54 Å². The Morgan fingerprint density at radius 2 is 2.09 bits per heavy atom. The maximum absolute atomic E-state index is 12.1. The zero-order chi connectivity index (χ0) is 15.4. The summed E-state index contributed by atoms with van der Waals surface area (Å²) < 4.78 is 1.90. The highest BCUT2D eigenvalue weighted by molar-refractivity contribution is 6.07. The summed E-state index contributed by atoms with van der Waals surface area (Å²) in [7, 11) is 0. The number of carbonyl (C=O) groups excluding carboxylic acids is 1. The Bertz CT molecular complexity index is 790. The number of aromatic nitrogens is 5. The first-order valence-electron chi connectivity index (χ1n) is 6.61. The molecule has 0 fully saturated rings. The summed E-state index contributed by atoms with van der Waals surface area (Å²) in [6.07, 6.45) is 4.63. The van der Waals surface area contributed by atoms with Crippen LogP contribution in [0.2, 0.25) is 0 Å². The summed E-state index contributed by atoms with van der Waals surface area (Å²) in [6.45, 7) is 0.675. The number of benzene rings is 1. The fourth-order valence-electron chi connectivity index (χ4n) is 2.02. The van der Waals surface area contributed by atoms with Crippen molar-refractivity contribution in [1.29, 1.82) is 0 Å². The summed E-state index contributed by atoms with van der Waals surface area (Å²) in [5.74, 6) is -0.666. The molecule has 0 bridgehead atoms. The highest BCUT2D eigenvalue weighted by Crippen LogP contribution is 2.10. The molecule has 0 unspecified atom stereocenters. The van der Waals surface area contributed by atoms with Crippen LogP contribution in [0.3, 0.4) is 0 Å². The first-order chi connectivity index (χ1) is 10.7. The predicted molar refractivity (Wildman–Crippen MR) is 79.1 cm³/mol. The van der Waals surface area contributed by atoms with Crippen LogP contribution in [0.15, 0.2) is 54.9 Å². The van der Waals surface area contributed by atoms with Gasteiger partial charge in [0.1, 0.15) is 0 Å². The second kappa shape index (κ2) is 6.04. The number of aliphatic hydroxyl groups excluding tert-OH is 1. The van der Waals surface area contributed by atoms with E-state index >= 15 is 0 Å². The van der Waals surface area contributed by atoms with Crippen LogP contribution >= 0.6 is 0 Å². The average molecular weight is 295 g/mol. The Morgan fingerprint density at radius 3 is 2.82 bits per heavy atom. The molecule has 3 rings (SSSR count). The minimum atomic E-state index is -0.325. The Morgan fingerprint density at radius 1 is 1.27 bits per heavy atom. The van der Waals surface area contributed by atoms with Gasteiger partial charge in [0.15, 0.2) is 11.5 Å².